The van der Waals surface area contributed by atoms with Crippen LogP contribution < -0.4 is 10.1 Å². The predicted molar refractivity (Wildman–Crippen MR) is 92.5 cm³/mol. The molecule has 0 aliphatic carbocycles. The Morgan fingerprint density at radius 2 is 1.85 bits per heavy atom. The Hall–Kier alpha value is -3.29. The normalized spacial score (nSPS) is 11.9. The van der Waals surface area contributed by atoms with E-state index in [9.17, 15) is 22.8 Å². The molecule has 0 fully saturated rings. The number of carbonyl (C=O) groups is 2. The van der Waals surface area contributed by atoms with Gasteiger partial charge >= 0.3 is 5.97 Å². The zero-order valence-electron chi connectivity index (χ0n) is 14.5. The predicted octanol–water partition coefficient (Wildman–Crippen LogP) is 3.70. The minimum Gasteiger partial charge on any atom is -0.497 e. The molecule has 2 aromatic rings. The highest BCUT2D eigenvalue weighted by atomic mass is 19.2. The number of esters is 1. The molecule has 0 saturated carbocycles. The number of methoxy groups -OCH3 is 1. The van der Waals surface area contributed by atoms with E-state index in [1.54, 1.807) is 24.3 Å². The maximum Gasteiger partial charge on any atom is 0.331 e. The molecule has 0 spiro atoms. The highest BCUT2D eigenvalue weighted by Crippen LogP contribution is 2.20. The molecular formula is C19H16F3NO4. The molecule has 0 radical (unpaired) electrons. The van der Waals surface area contributed by atoms with E-state index in [2.05, 4.69) is 0 Å². The topological polar surface area (TPSA) is 64.6 Å². The highest BCUT2D eigenvalue weighted by molar-refractivity contribution is 5.96. The number of carbonyl (C=O) groups excluding carboxylic acids is 2. The second kappa shape index (κ2) is 8.88. The van der Waals surface area contributed by atoms with Crippen LogP contribution in [0.2, 0.25) is 0 Å². The molecule has 8 heteroatoms. The van der Waals surface area contributed by atoms with Gasteiger partial charge in [-0.05, 0) is 42.8 Å². The molecule has 0 heterocycles. The summed E-state index contributed by atoms with van der Waals surface area (Å²) in [7, 11) is 1.51. The first-order valence-corrected chi connectivity index (χ1v) is 7.79. The molecule has 1 atom stereocenters. The quantitative estimate of drug-likeness (QED) is 0.472. The van der Waals surface area contributed by atoms with Gasteiger partial charge in [0.25, 0.3) is 5.91 Å². The van der Waals surface area contributed by atoms with Crippen LogP contribution in [0.15, 0.2) is 42.5 Å². The lowest BCUT2D eigenvalue weighted by Crippen LogP contribution is -2.29. The molecule has 27 heavy (non-hydrogen) atoms. The van der Waals surface area contributed by atoms with Gasteiger partial charge in [0.1, 0.15) is 5.75 Å². The fraction of sp³-hybridized carbons (Fsp3) is 0.158. The van der Waals surface area contributed by atoms with Crippen molar-refractivity contribution in [2.45, 2.75) is 13.0 Å². The van der Waals surface area contributed by atoms with Gasteiger partial charge in [-0.25, -0.2) is 18.0 Å². The summed E-state index contributed by atoms with van der Waals surface area (Å²) in [5, 5.41) is 2.03. The van der Waals surface area contributed by atoms with Gasteiger partial charge in [-0.15, -0.1) is 0 Å². The molecule has 0 saturated heterocycles. The van der Waals surface area contributed by atoms with Gasteiger partial charge in [0.2, 0.25) is 0 Å². The third kappa shape index (κ3) is 5.34. The number of amides is 1. The second-order valence-corrected chi connectivity index (χ2v) is 5.40. The van der Waals surface area contributed by atoms with Gasteiger partial charge in [-0.3, -0.25) is 4.79 Å². The summed E-state index contributed by atoms with van der Waals surface area (Å²) in [6, 6.07) is 8.42. The minimum absolute atomic E-state index is 0.561. The van der Waals surface area contributed by atoms with Crippen LogP contribution >= 0.6 is 0 Å². The molecule has 2 rings (SSSR count). The van der Waals surface area contributed by atoms with Crippen LogP contribution in [-0.4, -0.2) is 25.1 Å². The van der Waals surface area contributed by atoms with E-state index >= 15 is 0 Å². The summed E-state index contributed by atoms with van der Waals surface area (Å²) < 4.78 is 49.6. The summed E-state index contributed by atoms with van der Waals surface area (Å²) in [5.74, 6) is -5.74. The van der Waals surface area contributed by atoms with E-state index in [4.69, 9.17) is 9.47 Å². The molecule has 142 valence electrons. The van der Waals surface area contributed by atoms with Gasteiger partial charge in [0, 0.05) is 6.08 Å². The molecule has 0 unspecified atom stereocenters. The van der Waals surface area contributed by atoms with Crippen molar-refractivity contribution in [1.29, 1.82) is 0 Å². The summed E-state index contributed by atoms with van der Waals surface area (Å²) in [6.45, 7) is 1.25. The number of nitrogens with one attached hydrogen (secondary N) is 1. The van der Waals surface area contributed by atoms with E-state index in [0.717, 1.165) is 12.1 Å². The maximum absolute atomic E-state index is 13.6. The molecule has 1 N–H and O–H groups in total. The van der Waals surface area contributed by atoms with Crippen molar-refractivity contribution >= 4 is 23.6 Å². The Morgan fingerprint density at radius 3 is 2.56 bits per heavy atom. The highest BCUT2D eigenvalue weighted by Gasteiger charge is 2.20. The van der Waals surface area contributed by atoms with Crippen LogP contribution in [0.25, 0.3) is 6.08 Å². The summed E-state index contributed by atoms with van der Waals surface area (Å²) in [4.78, 5) is 23.7. The number of halogens is 3. The molecule has 0 bridgehead atoms. The standard InChI is InChI=1S/C19H16F3NO4/c1-11(19(25)23-15-8-7-14(20)17(21)18(15)22)27-16(24)9-6-12-4-3-5-13(10-12)26-2/h3-11H,1-2H3,(H,23,25)/b9-6+/t11-/m0/s1. The molecule has 0 aliphatic heterocycles. The summed E-state index contributed by atoms with van der Waals surface area (Å²) >= 11 is 0. The number of benzene rings is 2. The zero-order chi connectivity index (χ0) is 20.0. The lowest BCUT2D eigenvalue weighted by Gasteiger charge is -2.13. The fourth-order valence-electron chi connectivity index (χ4n) is 2.03. The van der Waals surface area contributed by atoms with Gasteiger partial charge in [-0.2, -0.15) is 0 Å². The first kappa shape index (κ1) is 20.0. The number of hydrogen-bond donors (Lipinski definition) is 1. The van der Waals surface area contributed by atoms with Crippen LogP contribution in [0, 0.1) is 17.5 Å². The monoisotopic (exact) mass is 379 g/mol. The lowest BCUT2D eigenvalue weighted by atomic mass is 10.2. The Bertz CT molecular complexity index is 883. The third-order valence-corrected chi connectivity index (χ3v) is 3.46. The number of hydrogen-bond acceptors (Lipinski definition) is 4. The number of ether oxygens (including phenoxy) is 2. The van der Waals surface area contributed by atoms with Crippen molar-refractivity contribution in [3.8, 4) is 5.75 Å². The molecule has 0 aromatic heterocycles. The van der Waals surface area contributed by atoms with E-state index in [1.165, 1.54) is 20.1 Å². The average Bonchev–Trinajstić information content (AvgIpc) is 2.66. The van der Waals surface area contributed by atoms with E-state index in [0.29, 0.717) is 17.4 Å². The average molecular weight is 379 g/mol. The number of rotatable bonds is 6. The first-order valence-electron chi connectivity index (χ1n) is 7.79. The molecule has 5 nitrogen and oxygen atoms in total. The summed E-state index contributed by atoms with van der Waals surface area (Å²) in [6.07, 6.45) is 1.28. The SMILES string of the molecule is COc1cccc(/C=C/C(=O)O[C@@H](C)C(=O)Nc2ccc(F)c(F)c2F)c1. The number of anilines is 1. The van der Waals surface area contributed by atoms with Crippen LogP contribution in [0.5, 0.6) is 5.75 Å². The Kier molecular flexibility index (Phi) is 6.59. The smallest absolute Gasteiger partial charge is 0.331 e. The van der Waals surface area contributed by atoms with Crippen molar-refractivity contribution in [1.82, 2.24) is 0 Å². The minimum atomic E-state index is -1.71. The van der Waals surface area contributed by atoms with Gasteiger partial charge in [0.15, 0.2) is 23.6 Å². The lowest BCUT2D eigenvalue weighted by molar-refractivity contribution is -0.148. The third-order valence-electron chi connectivity index (χ3n) is 3.46. The molecule has 1 amide bonds. The van der Waals surface area contributed by atoms with Crippen LogP contribution in [0.1, 0.15) is 12.5 Å². The van der Waals surface area contributed by atoms with Crippen LogP contribution in [0.4, 0.5) is 18.9 Å². The van der Waals surface area contributed by atoms with Gasteiger partial charge < -0.3 is 14.8 Å². The van der Waals surface area contributed by atoms with Crippen molar-refractivity contribution in [3.05, 3.63) is 65.5 Å². The Morgan fingerprint density at radius 1 is 1.11 bits per heavy atom. The van der Waals surface area contributed by atoms with Crippen LogP contribution in [-0.2, 0) is 14.3 Å². The Balaban J connectivity index is 1.96. The van der Waals surface area contributed by atoms with Crippen LogP contribution in [0.3, 0.4) is 0 Å². The van der Waals surface area contributed by atoms with Gasteiger partial charge in [0.05, 0.1) is 12.8 Å². The molecular weight excluding hydrogens is 363 g/mol. The zero-order valence-corrected chi connectivity index (χ0v) is 14.5. The first-order chi connectivity index (χ1) is 12.8. The summed E-state index contributed by atoms with van der Waals surface area (Å²) in [5.41, 5.74) is 0.112. The van der Waals surface area contributed by atoms with E-state index in [1.807, 2.05) is 5.32 Å². The van der Waals surface area contributed by atoms with Crippen molar-refractivity contribution < 1.29 is 32.2 Å². The molecule has 0 aliphatic rings. The van der Waals surface area contributed by atoms with E-state index in [-0.39, 0.29) is 0 Å². The van der Waals surface area contributed by atoms with Gasteiger partial charge in [-0.1, -0.05) is 12.1 Å². The fourth-order valence-corrected chi connectivity index (χ4v) is 2.03. The second-order valence-electron chi connectivity index (χ2n) is 5.40. The van der Waals surface area contributed by atoms with E-state index < -0.39 is 41.1 Å². The maximum atomic E-state index is 13.6. The Labute approximate surface area is 153 Å². The van der Waals surface area contributed by atoms with Crippen molar-refractivity contribution in [3.63, 3.8) is 0 Å². The largest absolute Gasteiger partial charge is 0.497 e. The van der Waals surface area contributed by atoms with Crippen molar-refractivity contribution in [2.24, 2.45) is 0 Å². The molecule has 2 aromatic carbocycles. The van der Waals surface area contributed by atoms with Crippen molar-refractivity contribution in [2.75, 3.05) is 12.4 Å².